The Hall–Kier alpha value is -3.67. The van der Waals surface area contributed by atoms with Crippen molar-refractivity contribution in [1.82, 2.24) is 0 Å². The molecule has 1 aliphatic heterocycles. The van der Waals surface area contributed by atoms with E-state index in [4.69, 9.17) is 14.2 Å². The van der Waals surface area contributed by atoms with Crippen LogP contribution >= 0.6 is 0 Å². The van der Waals surface area contributed by atoms with Crippen molar-refractivity contribution >= 4 is 11.9 Å². The van der Waals surface area contributed by atoms with Gasteiger partial charge >= 0.3 is 0 Å². The molecule has 4 rings (SSSR count). The van der Waals surface area contributed by atoms with Crippen LogP contribution in [0.25, 0.3) is 6.08 Å². The van der Waals surface area contributed by atoms with E-state index in [1.54, 1.807) is 37.5 Å². The second-order valence-corrected chi connectivity index (χ2v) is 6.92. The van der Waals surface area contributed by atoms with Crippen LogP contribution in [0.3, 0.4) is 0 Å². The zero-order valence-electron chi connectivity index (χ0n) is 16.7. The van der Waals surface area contributed by atoms with Gasteiger partial charge in [-0.25, -0.2) is 8.96 Å². The van der Waals surface area contributed by atoms with Crippen LogP contribution in [0.5, 0.6) is 11.5 Å². The summed E-state index contributed by atoms with van der Waals surface area (Å²) in [6, 6.07) is 13.7. The molecule has 0 amide bonds. The number of Topliss-reactive ketones (excluding diaryl/α,β-unsaturated/α-hetero) is 1. The van der Waals surface area contributed by atoms with Crippen molar-refractivity contribution in [3.05, 3.63) is 94.8 Å². The Balaban J connectivity index is 1.54. The molecule has 152 valence electrons. The SMILES string of the molecule is COc1cc2c(cc1OC)C(=O)C(=Cc1cc[n+](Cc3ccc(F)cc3)cc1)OC2. The fraction of sp³-hybridized carbons (Fsp3) is 0.167. The van der Waals surface area contributed by atoms with Crippen molar-refractivity contribution in [1.29, 1.82) is 0 Å². The second-order valence-electron chi connectivity index (χ2n) is 6.92. The molecule has 0 spiro atoms. The lowest BCUT2D eigenvalue weighted by molar-refractivity contribution is -0.688. The first-order valence-electron chi connectivity index (χ1n) is 9.45. The van der Waals surface area contributed by atoms with Gasteiger partial charge in [-0.2, -0.15) is 0 Å². The Morgan fingerprint density at radius 2 is 1.70 bits per heavy atom. The highest BCUT2D eigenvalue weighted by atomic mass is 19.1. The van der Waals surface area contributed by atoms with Gasteiger partial charge in [0.15, 0.2) is 36.2 Å². The number of hydrogen-bond acceptors (Lipinski definition) is 4. The number of halogens is 1. The lowest BCUT2D eigenvalue weighted by atomic mass is 9.98. The summed E-state index contributed by atoms with van der Waals surface area (Å²) < 4.78 is 31.3. The van der Waals surface area contributed by atoms with E-state index in [9.17, 15) is 9.18 Å². The van der Waals surface area contributed by atoms with E-state index in [1.165, 1.54) is 19.2 Å². The number of carbonyl (C=O) groups is 1. The van der Waals surface area contributed by atoms with Crippen molar-refractivity contribution in [3.8, 4) is 11.5 Å². The van der Waals surface area contributed by atoms with Gasteiger partial charge in [0.05, 0.1) is 14.2 Å². The molecule has 0 bridgehead atoms. The molecule has 1 aliphatic rings. The molecular formula is C24H21FNO4+. The number of fused-ring (bicyclic) bond motifs is 1. The number of pyridine rings is 1. The minimum absolute atomic E-state index is 0.194. The number of methoxy groups -OCH3 is 2. The van der Waals surface area contributed by atoms with Gasteiger partial charge < -0.3 is 14.2 Å². The van der Waals surface area contributed by atoms with Crippen molar-refractivity contribution < 1.29 is 28.0 Å². The minimum Gasteiger partial charge on any atom is -0.493 e. The second kappa shape index (κ2) is 8.37. The largest absolute Gasteiger partial charge is 0.493 e. The monoisotopic (exact) mass is 406 g/mol. The number of hydrogen-bond donors (Lipinski definition) is 0. The summed E-state index contributed by atoms with van der Waals surface area (Å²) in [6.07, 6.45) is 5.54. The number of allylic oxidation sites excluding steroid dienone is 1. The lowest BCUT2D eigenvalue weighted by Crippen LogP contribution is -2.33. The fourth-order valence-electron chi connectivity index (χ4n) is 3.34. The van der Waals surface area contributed by atoms with Gasteiger partial charge in [-0.05, 0) is 48.0 Å². The van der Waals surface area contributed by atoms with Crippen molar-refractivity contribution in [3.63, 3.8) is 0 Å². The highest BCUT2D eigenvalue weighted by molar-refractivity contribution is 6.11. The highest BCUT2D eigenvalue weighted by Crippen LogP contribution is 2.34. The first kappa shape index (κ1) is 19.6. The maximum absolute atomic E-state index is 13.0. The van der Waals surface area contributed by atoms with E-state index >= 15 is 0 Å². The topological polar surface area (TPSA) is 48.6 Å². The predicted molar refractivity (Wildman–Crippen MR) is 109 cm³/mol. The molecule has 5 nitrogen and oxygen atoms in total. The van der Waals surface area contributed by atoms with Crippen LogP contribution in [0.15, 0.2) is 66.7 Å². The van der Waals surface area contributed by atoms with E-state index in [0.717, 1.165) is 16.7 Å². The first-order chi connectivity index (χ1) is 14.6. The van der Waals surface area contributed by atoms with E-state index in [-0.39, 0.29) is 24.0 Å². The highest BCUT2D eigenvalue weighted by Gasteiger charge is 2.26. The maximum atomic E-state index is 13.0. The molecular weight excluding hydrogens is 385 g/mol. The molecule has 30 heavy (non-hydrogen) atoms. The molecule has 0 radical (unpaired) electrons. The van der Waals surface area contributed by atoms with E-state index in [2.05, 4.69) is 0 Å². The number of benzene rings is 2. The summed E-state index contributed by atoms with van der Waals surface area (Å²) in [5.74, 6) is 0.910. The third-order valence-electron chi connectivity index (χ3n) is 4.95. The smallest absolute Gasteiger partial charge is 0.228 e. The summed E-state index contributed by atoms with van der Waals surface area (Å²) in [5.41, 5.74) is 3.16. The summed E-state index contributed by atoms with van der Waals surface area (Å²) in [4.78, 5) is 12.9. The number of aromatic nitrogens is 1. The molecule has 0 atom stereocenters. The molecule has 2 aromatic carbocycles. The number of carbonyl (C=O) groups excluding carboxylic acids is 1. The Labute approximate surface area is 174 Å². The number of rotatable bonds is 5. The Kier molecular flexibility index (Phi) is 5.48. The minimum atomic E-state index is -0.250. The molecule has 0 unspecified atom stereocenters. The van der Waals surface area contributed by atoms with E-state index in [1.807, 2.05) is 29.1 Å². The Bertz CT molecular complexity index is 1110. The van der Waals surface area contributed by atoms with Gasteiger partial charge in [0.1, 0.15) is 12.4 Å². The lowest BCUT2D eigenvalue weighted by Gasteiger charge is -2.20. The summed E-state index contributed by atoms with van der Waals surface area (Å²) >= 11 is 0. The predicted octanol–water partition coefficient (Wildman–Crippen LogP) is 3.93. The van der Waals surface area contributed by atoms with Crippen LogP contribution in [0.1, 0.15) is 27.0 Å². The molecule has 2 heterocycles. The standard InChI is InChI=1S/C24H21FNO4/c1-28-21-12-18-15-30-23(24(27)20(18)13-22(21)29-2)11-16-7-9-26(10-8-16)14-17-3-5-19(25)6-4-17/h3-13H,14-15H2,1-2H3/q+1. The van der Waals surface area contributed by atoms with Crippen LogP contribution in [0.2, 0.25) is 0 Å². The third kappa shape index (κ3) is 4.03. The van der Waals surface area contributed by atoms with Gasteiger partial charge in [-0.15, -0.1) is 0 Å². The van der Waals surface area contributed by atoms with Crippen LogP contribution in [0, 0.1) is 5.82 Å². The van der Waals surface area contributed by atoms with Gasteiger partial charge in [0, 0.05) is 28.8 Å². The van der Waals surface area contributed by atoms with Crippen LogP contribution in [0.4, 0.5) is 4.39 Å². The maximum Gasteiger partial charge on any atom is 0.228 e. The van der Waals surface area contributed by atoms with Crippen molar-refractivity contribution in [2.75, 3.05) is 14.2 Å². The van der Waals surface area contributed by atoms with Crippen LogP contribution in [-0.2, 0) is 17.9 Å². The average Bonchev–Trinajstić information content (AvgIpc) is 2.77. The quantitative estimate of drug-likeness (QED) is 0.476. The number of ketones is 1. The van der Waals surface area contributed by atoms with Crippen molar-refractivity contribution in [2.24, 2.45) is 0 Å². The van der Waals surface area contributed by atoms with Crippen LogP contribution in [-0.4, -0.2) is 20.0 Å². The van der Waals surface area contributed by atoms with Gasteiger partial charge in [-0.1, -0.05) is 0 Å². The Morgan fingerprint density at radius 3 is 2.37 bits per heavy atom. The zero-order chi connectivity index (χ0) is 21.1. The normalized spacial score (nSPS) is 14.2. The molecule has 0 saturated carbocycles. The zero-order valence-corrected chi connectivity index (χ0v) is 16.7. The Morgan fingerprint density at radius 1 is 1.03 bits per heavy atom. The summed E-state index contributed by atoms with van der Waals surface area (Å²) in [6.45, 7) is 0.909. The molecule has 0 saturated heterocycles. The molecule has 0 N–H and O–H groups in total. The fourth-order valence-corrected chi connectivity index (χ4v) is 3.34. The van der Waals surface area contributed by atoms with Gasteiger partial charge in [0.2, 0.25) is 5.78 Å². The number of ether oxygens (including phenoxy) is 3. The third-order valence-corrected chi connectivity index (χ3v) is 4.95. The molecule has 6 heteroatoms. The summed E-state index contributed by atoms with van der Waals surface area (Å²) in [7, 11) is 3.09. The van der Waals surface area contributed by atoms with Crippen LogP contribution < -0.4 is 14.0 Å². The first-order valence-corrected chi connectivity index (χ1v) is 9.45. The average molecular weight is 406 g/mol. The summed E-state index contributed by atoms with van der Waals surface area (Å²) in [5, 5.41) is 0. The van der Waals surface area contributed by atoms with Crippen molar-refractivity contribution in [2.45, 2.75) is 13.2 Å². The molecule has 0 fully saturated rings. The van der Waals surface area contributed by atoms with Gasteiger partial charge in [-0.3, -0.25) is 4.79 Å². The molecule has 1 aromatic heterocycles. The van der Waals surface area contributed by atoms with E-state index < -0.39 is 0 Å². The van der Waals surface area contributed by atoms with E-state index in [0.29, 0.717) is 23.6 Å². The molecule has 0 aliphatic carbocycles. The van der Waals surface area contributed by atoms with Gasteiger partial charge in [0.25, 0.3) is 0 Å². The molecule has 3 aromatic rings. The number of nitrogens with zero attached hydrogens (tertiary/aromatic N) is 1.